The molecule has 5 nitrogen and oxygen atoms in total. The molecular weight excluding hydrogens is 455 g/mol. The second-order valence-electron chi connectivity index (χ2n) is 9.18. The number of alkyl halides is 3. The maximum Gasteiger partial charge on any atom is 0.416 e. The fraction of sp³-hybridized carbons (Fsp3) is 0.333. The van der Waals surface area contributed by atoms with Gasteiger partial charge in [-0.1, -0.05) is 36.4 Å². The van der Waals surface area contributed by atoms with E-state index in [1.165, 1.54) is 12.1 Å². The van der Waals surface area contributed by atoms with E-state index in [-0.39, 0.29) is 37.4 Å². The molecule has 1 aromatic heterocycles. The number of pyridine rings is 1. The number of halogens is 3. The third-order valence-corrected chi connectivity index (χ3v) is 6.56. The molecule has 3 aromatic rings. The van der Waals surface area contributed by atoms with Crippen molar-refractivity contribution in [2.24, 2.45) is 0 Å². The highest BCUT2D eigenvalue weighted by Crippen LogP contribution is 2.37. The van der Waals surface area contributed by atoms with Gasteiger partial charge in [-0.05, 0) is 55.2 Å². The Bertz CT molecular complexity index is 1230. The Morgan fingerprint density at radius 1 is 1.03 bits per heavy atom. The summed E-state index contributed by atoms with van der Waals surface area (Å²) in [6.45, 7) is 2.45. The minimum absolute atomic E-state index is 0.145. The highest BCUT2D eigenvalue weighted by atomic mass is 19.4. The maximum absolute atomic E-state index is 13.4. The van der Waals surface area contributed by atoms with Crippen LogP contribution >= 0.6 is 0 Å². The summed E-state index contributed by atoms with van der Waals surface area (Å²) in [4.78, 5) is 21.6. The number of carbonyl (C=O) groups excluding carboxylic acids is 1. The van der Waals surface area contributed by atoms with E-state index < -0.39 is 17.3 Å². The molecule has 1 aliphatic rings. The quantitative estimate of drug-likeness (QED) is 0.550. The van der Waals surface area contributed by atoms with Gasteiger partial charge in [-0.25, -0.2) is 4.98 Å². The summed E-state index contributed by atoms with van der Waals surface area (Å²) < 4.78 is 39.4. The predicted molar refractivity (Wildman–Crippen MR) is 129 cm³/mol. The summed E-state index contributed by atoms with van der Waals surface area (Å²) in [6.07, 6.45) is -4.19. The van der Waals surface area contributed by atoms with Gasteiger partial charge in [0.25, 0.3) is 5.91 Å². The van der Waals surface area contributed by atoms with Gasteiger partial charge >= 0.3 is 6.18 Å². The molecule has 184 valence electrons. The first-order chi connectivity index (χ1) is 16.5. The Morgan fingerprint density at radius 2 is 1.71 bits per heavy atom. The van der Waals surface area contributed by atoms with Crippen molar-refractivity contribution in [1.82, 2.24) is 9.88 Å². The maximum atomic E-state index is 13.4. The van der Waals surface area contributed by atoms with Crippen LogP contribution in [0.1, 0.15) is 39.9 Å². The fourth-order valence-corrected chi connectivity index (χ4v) is 4.49. The SMILES string of the molecule is Cc1ccccc1-c1ccc(C(=O)N2CCC(O)(c3cccc(C(F)(F)F)c3)CC2)c(N(C)C)n1. The molecule has 0 unspecified atom stereocenters. The van der Waals surface area contributed by atoms with Gasteiger partial charge in [-0.15, -0.1) is 0 Å². The van der Waals surface area contributed by atoms with E-state index in [4.69, 9.17) is 4.98 Å². The number of hydrogen-bond donors (Lipinski definition) is 1. The van der Waals surface area contributed by atoms with E-state index in [2.05, 4.69) is 0 Å². The minimum atomic E-state index is -4.48. The van der Waals surface area contributed by atoms with Crippen LogP contribution < -0.4 is 4.90 Å². The molecule has 0 spiro atoms. The Morgan fingerprint density at radius 3 is 2.34 bits per heavy atom. The molecule has 0 saturated carbocycles. The standard InChI is InChI=1S/C27H28F3N3O2/c1-18-7-4-5-10-21(18)23-12-11-22(24(31-23)32(2)3)25(34)33-15-13-26(35,14-16-33)19-8-6-9-20(17-19)27(28,29)30/h4-12,17,35H,13-16H2,1-3H3. The van der Waals surface area contributed by atoms with E-state index in [0.29, 0.717) is 11.4 Å². The van der Waals surface area contributed by atoms with Gasteiger partial charge in [0, 0.05) is 32.7 Å². The number of anilines is 1. The smallest absolute Gasteiger partial charge is 0.385 e. The molecule has 8 heteroatoms. The van der Waals surface area contributed by atoms with Crippen molar-refractivity contribution in [1.29, 1.82) is 0 Å². The van der Waals surface area contributed by atoms with E-state index in [1.54, 1.807) is 15.9 Å². The van der Waals surface area contributed by atoms with Crippen molar-refractivity contribution in [3.63, 3.8) is 0 Å². The summed E-state index contributed by atoms with van der Waals surface area (Å²) in [7, 11) is 3.65. The largest absolute Gasteiger partial charge is 0.416 e. The Labute approximate surface area is 202 Å². The van der Waals surface area contributed by atoms with E-state index in [0.717, 1.165) is 29.0 Å². The molecular formula is C27H28F3N3O2. The minimum Gasteiger partial charge on any atom is -0.385 e. The van der Waals surface area contributed by atoms with Crippen molar-refractivity contribution >= 4 is 11.7 Å². The van der Waals surface area contributed by atoms with Gasteiger partial charge in [0.1, 0.15) is 5.82 Å². The Hall–Kier alpha value is -3.39. The predicted octanol–water partition coefficient (Wildman–Crippen LogP) is 5.27. The monoisotopic (exact) mass is 483 g/mol. The van der Waals surface area contributed by atoms with E-state index in [9.17, 15) is 23.1 Å². The van der Waals surface area contributed by atoms with Gasteiger partial charge in [0.15, 0.2) is 0 Å². The summed E-state index contributed by atoms with van der Waals surface area (Å²) in [5.41, 5.74) is 1.27. The molecule has 2 heterocycles. The number of rotatable bonds is 4. The molecule has 1 amide bonds. The third-order valence-electron chi connectivity index (χ3n) is 6.56. The lowest BCUT2D eigenvalue weighted by Gasteiger charge is -2.39. The molecule has 1 fully saturated rings. The average Bonchev–Trinajstić information content (AvgIpc) is 2.83. The normalized spacial score (nSPS) is 15.7. The van der Waals surface area contributed by atoms with Gasteiger partial charge in [0.2, 0.25) is 0 Å². The van der Waals surface area contributed by atoms with Crippen molar-refractivity contribution in [2.45, 2.75) is 31.5 Å². The van der Waals surface area contributed by atoms with Crippen molar-refractivity contribution in [3.8, 4) is 11.3 Å². The number of aliphatic hydroxyl groups is 1. The van der Waals surface area contributed by atoms with Crippen LogP contribution in [0.2, 0.25) is 0 Å². The third kappa shape index (κ3) is 5.03. The van der Waals surface area contributed by atoms with Crippen LogP contribution in [-0.2, 0) is 11.8 Å². The number of aryl methyl sites for hydroxylation is 1. The highest BCUT2D eigenvalue weighted by molar-refractivity contribution is 5.99. The number of benzene rings is 2. The van der Waals surface area contributed by atoms with Gasteiger partial charge < -0.3 is 14.9 Å². The second-order valence-corrected chi connectivity index (χ2v) is 9.18. The van der Waals surface area contributed by atoms with Crippen LogP contribution in [-0.4, -0.2) is 48.1 Å². The molecule has 2 aromatic carbocycles. The Kier molecular flexibility index (Phi) is 6.60. The van der Waals surface area contributed by atoms with Crippen LogP contribution in [0.4, 0.5) is 19.0 Å². The van der Waals surface area contributed by atoms with Crippen LogP contribution in [0.25, 0.3) is 11.3 Å². The number of hydrogen-bond acceptors (Lipinski definition) is 4. The molecule has 0 radical (unpaired) electrons. The van der Waals surface area contributed by atoms with Crippen LogP contribution in [0.5, 0.6) is 0 Å². The van der Waals surface area contributed by atoms with Gasteiger partial charge in [0.05, 0.1) is 22.4 Å². The summed E-state index contributed by atoms with van der Waals surface area (Å²) >= 11 is 0. The molecule has 1 N–H and O–H groups in total. The van der Waals surface area contributed by atoms with Crippen LogP contribution in [0, 0.1) is 6.92 Å². The van der Waals surface area contributed by atoms with Gasteiger partial charge in [-0.2, -0.15) is 13.2 Å². The molecule has 0 bridgehead atoms. The van der Waals surface area contributed by atoms with Crippen molar-refractivity contribution < 1.29 is 23.1 Å². The number of carbonyl (C=O) groups is 1. The zero-order chi connectivity index (χ0) is 25.4. The number of aromatic nitrogens is 1. The molecule has 0 atom stereocenters. The molecule has 0 aliphatic carbocycles. The van der Waals surface area contributed by atoms with Gasteiger partial charge in [-0.3, -0.25) is 4.79 Å². The highest BCUT2D eigenvalue weighted by Gasteiger charge is 2.38. The number of piperidine rings is 1. The summed E-state index contributed by atoms with van der Waals surface area (Å²) in [6, 6.07) is 16.3. The van der Waals surface area contributed by atoms with E-state index >= 15 is 0 Å². The zero-order valence-corrected chi connectivity index (χ0v) is 19.9. The van der Waals surface area contributed by atoms with Crippen molar-refractivity contribution in [2.75, 3.05) is 32.1 Å². The second kappa shape index (κ2) is 9.34. The number of amides is 1. The summed E-state index contributed by atoms with van der Waals surface area (Å²) in [5.74, 6) is 0.318. The van der Waals surface area contributed by atoms with Crippen LogP contribution in [0.15, 0.2) is 60.7 Å². The first kappa shape index (κ1) is 24.7. The van der Waals surface area contributed by atoms with E-state index in [1.807, 2.05) is 51.4 Å². The number of nitrogens with zero attached hydrogens (tertiary/aromatic N) is 3. The molecule has 1 saturated heterocycles. The lowest BCUT2D eigenvalue weighted by Crippen LogP contribution is -2.45. The average molecular weight is 484 g/mol. The fourth-order valence-electron chi connectivity index (χ4n) is 4.49. The lowest BCUT2D eigenvalue weighted by atomic mass is 9.83. The topological polar surface area (TPSA) is 56.7 Å². The molecule has 1 aliphatic heterocycles. The van der Waals surface area contributed by atoms with Crippen molar-refractivity contribution in [3.05, 3.63) is 82.9 Å². The summed E-state index contributed by atoms with van der Waals surface area (Å²) in [5, 5.41) is 11.1. The molecule has 35 heavy (non-hydrogen) atoms. The Balaban J connectivity index is 1.55. The molecule has 4 rings (SSSR count). The lowest BCUT2D eigenvalue weighted by molar-refractivity contribution is -0.137. The van der Waals surface area contributed by atoms with Crippen LogP contribution in [0.3, 0.4) is 0 Å². The zero-order valence-electron chi connectivity index (χ0n) is 19.9. The first-order valence-corrected chi connectivity index (χ1v) is 11.4. The number of likely N-dealkylation sites (tertiary alicyclic amines) is 1. The first-order valence-electron chi connectivity index (χ1n) is 11.4.